The molecular weight excluding hydrogens is 261 g/mol. The van der Waals surface area contributed by atoms with E-state index in [4.69, 9.17) is 0 Å². The van der Waals surface area contributed by atoms with Crippen molar-refractivity contribution in [3.8, 4) is 5.69 Å². The zero-order valence-corrected chi connectivity index (χ0v) is 10.1. The van der Waals surface area contributed by atoms with Crippen LogP contribution in [-0.4, -0.2) is 15.4 Å². The van der Waals surface area contributed by atoms with Crippen LogP contribution in [0.4, 0.5) is 4.39 Å². The van der Waals surface area contributed by atoms with E-state index in [0.29, 0.717) is 15.8 Å². The Bertz CT molecular complexity index is 962. The Labute approximate surface area is 111 Å². The smallest absolute Gasteiger partial charge is 0.285 e. The van der Waals surface area contributed by atoms with Crippen molar-refractivity contribution in [2.24, 2.45) is 0 Å². The zero-order valence-electron chi connectivity index (χ0n) is 10.1. The number of carbonyl (C=O) groups excluding carboxylic acids is 1. The molecule has 0 atom stereocenters. The van der Waals surface area contributed by atoms with Crippen LogP contribution in [0.5, 0.6) is 0 Å². The third kappa shape index (κ3) is 1.25. The maximum Gasteiger partial charge on any atom is 0.321 e. The summed E-state index contributed by atoms with van der Waals surface area (Å²) in [5.41, 5.74) is 1.24. The maximum atomic E-state index is 13.3. The maximum absolute atomic E-state index is 13.3. The van der Waals surface area contributed by atoms with Crippen molar-refractivity contribution in [3.05, 3.63) is 64.6 Å². The summed E-state index contributed by atoms with van der Waals surface area (Å²) in [4.78, 5) is 28.8. The number of carbonyl (C=O) groups is 1. The zero-order chi connectivity index (χ0) is 13.9. The van der Waals surface area contributed by atoms with E-state index in [1.807, 2.05) is 0 Å². The Morgan fingerprint density at radius 1 is 1.15 bits per heavy atom. The van der Waals surface area contributed by atoms with Crippen LogP contribution in [0.1, 0.15) is 16.2 Å². The Morgan fingerprint density at radius 3 is 2.80 bits per heavy atom. The minimum absolute atomic E-state index is 0.0420. The highest BCUT2D eigenvalue weighted by molar-refractivity contribution is 6.12. The lowest BCUT2D eigenvalue weighted by molar-refractivity contribution is -0.559. The van der Waals surface area contributed by atoms with E-state index in [0.717, 1.165) is 6.07 Å². The molecule has 0 radical (unpaired) electrons. The number of para-hydroxylation sites is 1. The van der Waals surface area contributed by atoms with Crippen LogP contribution in [0.25, 0.3) is 16.7 Å². The van der Waals surface area contributed by atoms with Crippen LogP contribution in [-0.2, 0) is 0 Å². The molecule has 5 nitrogen and oxygen atoms in total. The minimum atomic E-state index is -0.526. The van der Waals surface area contributed by atoms with Gasteiger partial charge in [-0.15, -0.1) is 0 Å². The first-order valence-corrected chi connectivity index (χ1v) is 5.96. The molecule has 6 heteroatoms. The first-order chi connectivity index (χ1) is 9.66. The number of fused-ring (bicyclic) bond motifs is 4. The molecule has 0 saturated heterocycles. The minimum Gasteiger partial charge on any atom is -0.285 e. The summed E-state index contributed by atoms with van der Waals surface area (Å²) in [7, 11) is 0. The van der Waals surface area contributed by atoms with Gasteiger partial charge in [0.15, 0.2) is 4.54 Å². The monoisotopic (exact) mass is 268 g/mol. The van der Waals surface area contributed by atoms with E-state index in [2.05, 4.69) is 4.98 Å². The molecule has 0 spiro atoms. The second-order valence-electron chi connectivity index (χ2n) is 4.50. The predicted molar refractivity (Wildman–Crippen MR) is 67.8 cm³/mol. The second kappa shape index (κ2) is 3.57. The number of halogens is 1. The van der Waals surface area contributed by atoms with Gasteiger partial charge in [-0.05, 0) is 28.9 Å². The van der Waals surface area contributed by atoms with Crippen LogP contribution in [0.2, 0.25) is 0 Å². The Morgan fingerprint density at radius 2 is 1.95 bits per heavy atom. The highest BCUT2D eigenvalue weighted by Gasteiger charge is 2.35. The first kappa shape index (κ1) is 11.0. The Balaban J connectivity index is 2.21. The number of aromatic nitrogens is 3. The summed E-state index contributed by atoms with van der Waals surface area (Å²) >= 11 is 0. The van der Waals surface area contributed by atoms with Crippen molar-refractivity contribution >= 4 is 16.8 Å². The van der Waals surface area contributed by atoms with E-state index < -0.39 is 5.82 Å². The van der Waals surface area contributed by atoms with Gasteiger partial charge >= 0.3 is 5.52 Å². The fraction of sp³-hybridized carbons (Fsp3) is 0. The van der Waals surface area contributed by atoms with Gasteiger partial charge in [-0.1, -0.05) is 12.1 Å². The fourth-order valence-corrected chi connectivity index (χ4v) is 2.43. The van der Waals surface area contributed by atoms with Crippen molar-refractivity contribution in [1.82, 2.24) is 9.67 Å². The molecular formula is C14H7FN3O2+. The Hall–Kier alpha value is -2.89. The standard InChI is InChI=1S/C14H7FN3O2/c15-8-5-6-10-12(7-8)18(20)17-11-4-2-1-3-9(11)13(19)14(17)16-10/h1-7H/q+1. The first-order valence-electron chi connectivity index (χ1n) is 5.96. The summed E-state index contributed by atoms with van der Waals surface area (Å²) in [6.45, 7) is 0. The van der Waals surface area contributed by atoms with Crippen LogP contribution in [0.15, 0.2) is 42.5 Å². The van der Waals surface area contributed by atoms with Gasteiger partial charge in [0.05, 0.1) is 16.5 Å². The third-order valence-corrected chi connectivity index (χ3v) is 3.33. The fourth-order valence-electron chi connectivity index (χ4n) is 2.43. The highest BCUT2D eigenvalue weighted by atomic mass is 19.1. The summed E-state index contributed by atoms with van der Waals surface area (Å²) in [5, 5.41) is 0. The van der Waals surface area contributed by atoms with Crippen LogP contribution < -0.4 is 4.54 Å². The van der Waals surface area contributed by atoms with E-state index >= 15 is 0 Å². The molecule has 96 valence electrons. The molecule has 0 fully saturated rings. The normalized spacial score (nSPS) is 12.6. The molecule has 1 aromatic heterocycles. The Kier molecular flexibility index (Phi) is 1.96. The molecule has 0 amide bonds. The van der Waals surface area contributed by atoms with Gasteiger partial charge in [-0.25, -0.2) is 9.37 Å². The van der Waals surface area contributed by atoms with Gasteiger partial charge in [-0.3, -0.25) is 4.79 Å². The number of ketones is 1. The molecule has 0 bridgehead atoms. The molecule has 1 aliphatic heterocycles. The topological polar surface area (TPSA) is 57.9 Å². The van der Waals surface area contributed by atoms with Gasteiger partial charge in [-0.2, -0.15) is 0 Å². The SMILES string of the molecule is O=C1c2ccccc2-n2c1nc1ccc(F)cc1[n+]2=O. The van der Waals surface area contributed by atoms with Crippen molar-refractivity contribution in [2.75, 3.05) is 0 Å². The molecule has 4 rings (SSSR count). The van der Waals surface area contributed by atoms with E-state index in [1.54, 1.807) is 24.3 Å². The van der Waals surface area contributed by atoms with Gasteiger partial charge in [0, 0.05) is 0 Å². The van der Waals surface area contributed by atoms with Crippen LogP contribution in [0, 0.1) is 10.7 Å². The molecule has 20 heavy (non-hydrogen) atoms. The van der Waals surface area contributed by atoms with E-state index in [1.165, 1.54) is 16.8 Å². The number of rotatable bonds is 0. The third-order valence-electron chi connectivity index (χ3n) is 3.33. The summed E-state index contributed by atoms with van der Waals surface area (Å²) in [5.74, 6) is -0.793. The van der Waals surface area contributed by atoms with E-state index in [9.17, 15) is 14.1 Å². The molecule has 0 N–H and O–H groups in total. The molecule has 0 aliphatic carbocycles. The van der Waals surface area contributed by atoms with Gasteiger partial charge in [0.25, 0.3) is 0 Å². The van der Waals surface area contributed by atoms with Crippen molar-refractivity contribution in [3.63, 3.8) is 0 Å². The molecule has 0 saturated carbocycles. The second-order valence-corrected chi connectivity index (χ2v) is 4.50. The van der Waals surface area contributed by atoms with Crippen LogP contribution in [0.3, 0.4) is 0 Å². The number of nitrogens with zero attached hydrogens (tertiary/aromatic N) is 3. The molecule has 3 aromatic rings. The summed E-state index contributed by atoms with van der Waals surface area (Å²) in [6, 6.07) is 10.4. The lowest BCUT2D eigenvalue weighted by atomic mass is 10.1. The van der Waals surface area contributed by atoms with Crippen molar-refractivity contribution in [1.29, 1.82) is 0 Å². The molecule has 1 aliphatic rings. The lowest BCUT2D eigenvalue weighted by Gasteiger charge is -1.96. The number of benzene rings is 2. The molecule has 2 heterocycles. The van der Waals surface area contributed by atoms with Crippen LogP contribution >= 0.6 is 0 Å². The van der Waals surface area contributed by atoms with Crippen molar-refractivity contribution < 1.29 is 13.7 Å². The summed E-state index contributed by atoms with van der Waals surface area (Å²) < 4.78 is 15.0. The predicted octanol–water partition coefficient (Wildman–Crippen LogP) is 1.62. The average Bonchev–Trinajstić information content (AvgIpc) is 2.74. The largest absolute Gasteiger partial charge is 0.321 e. The highest BCUT2D eigenvalue weighted by Crippen LogP contribution is 2.25. The van der Waals surface area contributed by atoms with Crippen molar-refractivity contribution in [2.45, 2.75) is 0 Å². The van der Waals surface area contributed by atoms with Gasteiger partial charge in [0.1, 0.15) is 17.0 Å². The summed E-state index contributed by atoms with van der Waals surface area (Å²) in [6.07, 6.45) is 0. The number of hydrogen-bond donors (Lipinski definition) is 0. The molecule has 2 aromatic carbocycles. The van der Waals surface area contributed by atoms with Gasteiger partial charge < -0.3 is 0 Å². The van der Waals surface area contributed by atoms with Gasteiger partial charge in [0.2, 0.25) is 11.6 Å². The lowest BCUT2D eigenvalue weighted by Crippen LogP contribution is -2.32. The molecule has 0 unspecified atom stereocenters. The van der Waals surface area contributed by atoms with E-state index in [-0.39, 0.29) is 22.6 Å². The average molecular weight is 268 g/mol. The number of hydrogen-bond acceptors (Lipinski definition) is 3. The quantitative estimate of drug-likeness (QED) is 0.455.